The Balaban J connectivity index is 1.84. The van der Waals surface area contributed by atoms with Gasteiger partial charge in [-0.15, -0.1) is 0 Å². The standard InChI is InChI=1S/C20H18N2/c1-16-11-13-17(14-12-16)20-10-6-5-7-18(20)15-21-22-19-8-3-2-4-9-19/h2-15,22H,1H3. The summed E-state index contributed by atoms with van der Waals surface area (Å²) < 4.78 is 0. The van der Waals surface area contributed by atoms with Gasteiger partial charge in [0.15, 0.2) is 0 Å². The molecule has 0 fully saturated rings. The van der Waals surface area contributed by atoms with Crippen molar-refractivity contribution >= 4 is 11.9 Å². The fourth-order valence-corrected chi connectivity index (χ4v) is 2.29. The van der Waals surface area contributed by atoms with Crippen molar-refractivity contribution in [2.24, 2.45) is 5.10 Å². The maximum atomic E-state index is 4.34. The summed E-state index contributed by atoms with van der Waals surface area (Å²) in [5.41, 5.74) is 8.77. The van der Waals surface area contributed by atoms with E-state index < -0.39 is 0 Å². The van der Waals surface area contributed by atoms with Crippen molar-refractivity contribution in [1.29, 1.82) is 0 Å². The number of anilines is 1. The first-order valence-corrected chi connectivity index (χ1v) is 7.33. The summed E-state index contributed by atoms with van der Waals surface area (Å²) in [6, 6.07) is 26.8. The molecule has 0 aliphatic carbocycles. The fraction of sp³-hybridized carbons (Fsp3) is 0.0500. The van der Waals surface area contributed by atoms with Crippen LogP contribution in [0.1, 0.15) is 11.1 Å². The number of nitrogens with zero attached hydrogens (tertiary/aromatic N) is 1. The Bertz CT molecular complexity index is 759. The smallest absolute Gasteiger partial charge is 0.0561 e. The van der Waals surface area contributed by atoms with Gasteiger partial charge in [-0.25, -0.2) is 0 Å². The van der Waals surface area contributed by atoms with Crippen molar-refractivity contribution in [1.82, 2.24) is 0 Å². The van der Waals surface area contributed by atoms with Crippen molar-refractivity contribution in [2.45, 2.75) is 6.92 Å². The summed E-state index contributed by atoms with van der Waals surface area (Å²) in [6.45, 7) is 2.10. The van der Waals surface area contributed by atoms with Crippen molar-refractivity contribution in [3.8, 4) is 11.1 Å². The number of hydrogen-bond donors (Lipinski definition) is 1. The molecule has 0 aromatic heterocycles. The highest BCUT2D eigenvalue weighted by Crippen LogP contribution is 2.23. The number of hydrogen-bond acceptors (Lipinski definition) is 2. The topological polar surface area (TPSA) is 24.4 Å². The van der Waals surface area contributed by atoms with E-state index in [-0.39, 0.29) is 0 Å². The molecule has 0 saturated heterocycles. The first-order chi connectivity index (χ1) is 10.8. The molecule has 1 N–H and O–H groups in total. The summed E-state index contributed by atoms with van der Waals surface area (Å²) >= 11 is 0. The van der Waals surface area contributed by atoms with Crippen molar-refractivity contribution in [2.75, 3.05) is 5.43 Å². The van der Waals surface area contributed by atoms with Gasteiger partial charge in [-0.05, 0) is 30.2 Å². The number of aryl methyl sites for hydroxylation is 1. The lowest BCUT2D eigenvalue weighted by atomic mass is 9.99. The fourth-order valence-electron chi connectivity index (χ4n) is 2.29. The second-order valence-corrected chi connectivity index (χ2v) is 5.19. The first kappa shape index (κ1) is 14.1. The third-order valence-corrected chi connectivity index (χ3v) is 3.49. The van der Waals surface area contributed by atoms with E-state index in [1.54, 1.807) is 0 Å². The summed E-state index contributed by atoms with van der Waals surface area (Å²) in [6.07, 6.45) is 1.86. The molecule has 0 bridgehead atoms. The molecule has 3 aromatic rings. The van der Waals surface area contributed by atoms with E-state index in [1.165, 1.54) is 16.7 Å². The Labute approximate surface area is 131 Å². The molecule has 108 valence electrons. The van der Waals surface area contributed by atoms with Gasteiger partial charge in [0.2, 0.25) is 0 Å². The minimum absolute atomic E-state index is 0.978. The van der Waals surface area contributed by atoms with Gasteiger partial charge in [-0.1, -0.05) is 72.3 Å². The van der Waals surface area contributed by atoms with Gasteiger partial charge in [0.25, 0.3) is 0 Å². The normalized spacial score (nSPS) is 10.8. The van der Waals surface area contributed by atoms with Crippen LogP contribution < -0.4 is 5.43 Å². The Morgan fingerprint density at radius 2 is 1.45 bits per heavy atom. The molecule has 0 saturated carbocycles. The molecule has 22 heavy (non-hydrogen) atoms. The number of para-hydroxylation sites is 1. The molecule has 0 unspecified atom stereocenters. The zero-order valence-corrected chi connectivity index (χ0v) is 12.5. The number of nitrogens with one attached hydrogen (secondary N) is 1. The van der Waals surface area contributed by atoms with Crippen LogP contribution in [0.5, 0.6) is 0 Å². The molecule has 2 nitrogen and oxygen atoms in total. The van der Waals surface area contributed by atoms with E-state index >= 15 is 0 Å². The molecule has 2 heteroatoms. The van der Waals surface area contributed by atoms with Crippen LogP contribution in [0.3, 0.4) is 0 Å². The predicted molar refractivity (Wildman–Crippen MR) is 94.3 cm³/mol. The van der Waals surface area contributed by atoms with Crippen LogP contribution in [0, 0.1) is 6.92 Å². The van der Waals surface area contributed by atoms with Crippen LogP contribution in [-0.2, 0) is 0 Å². The predicted octanol–water partition coefficient (Wildman–Crippen LogP) is 5.11. The Morgan fingerprint density at radius 1 is 0.773 bits per heavy atom. The summed E-state index contributed by atoms with van der Waals surface area (Å²) in [5.74, 6) is 0. The van der Waals surface area contributed by atoms with E-state index in [4.69, 9.17) is 0 Å². The van der Waals surface area contributed by atoms with Gasteiger partial charge < -0.3 is 0 Å². The summed E-state index contributed by atoms with van der Waals surface area (Å²) in [4.78, 5) is 0. The number of benzene rings is 3. The van der Waals surface area contributed by atoms with Gasteiger partial charge in [0.05, 0.1) is 11.9 Å². The third-order valence-electron chi connectivity index (χ3n) is 3.49. The lowest BCUT2D eigenvalue weighted by Gasteiger charge is -2.06. The summed E-state index contributed by atoms with van der Waals surface area (Å²) in [5, 5.41) is 4.34. The maximum Gasteiger partial charge on any atom is 0.0561 e. The van der Waals surface area contributed by atoms with E-state index in [9.17, 15) is 0 Å². The molecular weight excluding hydrogens is 268 g/mol. The molecule has 0 amide bonds. The lowest BCUT2D eigenvalue weighted by molar-refractivity contribution is 1.35. The van der Waals surface area contributed by atoms with E-state index in [1.807, 2.05) is 42.6 Å². The highest BCUT2D eigenvalue weighted by atomic mass is 15.3. The highest BCUT2D eigenvalue weighted by Gasteiger charge is 2.02. The molecule has 0 aliphatic heterocycles. The van der Waals surface area contributed by atoms with Crippen LogP contribution >= 0.6 is 0 Å². The molecule has 3 aromatic carbocycles. The number of hydrazone groups is 1. The van der Waals surface area contributed by atoms with E-state index in [0.29, 0.717) is 0 Å². The van der Waals surface area contributed by atoms with Crippen molar-refractivity contribution < 1.29 is 0 Å². The number of rotatable bonds is 4. The van der Waals surface area contributed by atoms with Crippen molar-refractivity contribution in [3.05, 3.63) is 90.0 Å². The lowest BCUT2D eigenvalue weighted by Crippen LogP contribution is -1.92. The largest absolute Gasteiger partial charge is 0.279 e. The maximum absolute atomic E-state index is 4.34. The zero-order valence-electron chi connectivity index (χ0n) is 12.5. The SMILES string of the molecule is Cc1ccc(-c2ccccc2C=NNc2ccccc2)cc1. The molecule has 0 heterocycles. The zero-order chi connectivity index (χ0) is 15.2. The molecule has 0 aliphatic rings. The molecular formula is C20H18N2. The average Bonchev–Trinajstić information content (AvgIpc) is 2.57. The Morgan fingerprint density at radius 3 is 2.23 bits per heavy atom. The van der Waals surface area contributed by atoms with Crippen LogP contribution in [0.2, 0.25) is 0 Å². The van der Waals surface area contributed by atoms with Gasteiger partial charge >= 0.3 is 0 Å². The van der Waals surface area contributed by atoms with Crippen LogP contribution in [0.25, 0.3) is 11.1 Å². The first-order valence-electron chi connectivity index (χ1n) is 7.33. The van der Waals surface area contributed by atoms with Crippen LogP contribution in [-0.4, -0.2) is 6.21 Å². The molecule has 3 rings (SSSR count). The molecule has 0 atom stereocenters. The van der Waals surface area contributed by atoms with Gasteiger partial charge in [-0.2, -0.15) is 5.10 Å². The Hall–Kier alpha value is -2.87. The minimum atomic E-state index is 0.978. The molecule has 0 spiro atoms. The minimum Gasteiger partial charge on any atom is -0.279 e. The van der Waals surface area contributed by atoms with Gasteiger partial charge in [0, 0.05) is 5.56 Å². The quantitative estimate of drug-likeness (QED) is 0.523. The highest BCUT2D eigenvalue weighted by molar-refractivity contribution is 5.90. The van der Waals surface area contributed by atoms with Crippen LogP contribution in [0.15, 0.2) is 84.0 Å². The second-order valence-electron chi connectivity index (χ2n) is 5.19. The Kier molecular flexibility index (Phi) is 4.30. The summed E-state index contributed by atoms with van der Waals surface area (Å²) in [7, 11) is 0. The van der Waals surface area contributed by atoms with Gasteiger partial charge in [0.1, 0.15) is 0 Å². The second kappa shape index (κ2) is 6.72. The molecule has 0 radical (unpaired) electrons. The van der Waals surface area contributed by atoms with Crippen LogP contribution in [0.4, 0.5) is 5.69 Å². The third kappa shape index (κ3) is 3.41. The van der Waals surface area contributed by atoms with Crippen molar-refractivity contribution in [3.63, 3.8) is 0 Å². The average molecular weight is 286 g/mol. The van der Waals surface area contributed by atoms with Gasteiger partial charge in [-0.3, -0.25) is 5.43 Å². The van der Waals surface area contributed by atoms with E-state index in [0.717, 1.165) is 11.3 Å². The van der Waals surface area contributed by atoms with E-state index in [2.05, 4.69) is 59.9 Å². The monoisotopic (exact) mass is 286 g/mol.